The Morgan fingerprint density at radius 3 is 1.47 bits per heavy atom. The number of hydrogen-bond acceptors (Lipinski definition) is 3. The van der Waals surface area contributed by atoms with Gasteiger partial charge in [0.25, 0.3) is 0 Å². The van der Waals surface area contributed by atoms with E-state index < -0.39 is 0 Å². The van der Waals surface area contributed by atoms with Crippen LogP contribution in [-0.4, -0.2) is 23.9 Å². The summed E-state index contributed by atoms with van der Waals surface area (Å²) in [6.07, 6.45) is 0. The lowest BCUT2D eigenvalue weighted by Crippen LogP contribution is -2.00. The molecule has 5 nitrogen and oxygen atoms in total. The van der Waals surface area contributed by atoms with Crippen LogP contribution in [0.25, 0.3) is 111 Å². The molecule has 0 bridgehead atoms. The zero-order valence-corrected chi connectivity index (χ0v) is 32.4. The normalized spacial score (nSPS) is 11.7. The summed E-state index contributed by atoms with van der Waals surface area (Å²) in [6, 6.07) is 75.2. The summed E-state index contributed by atoms with van der Waals surface area (Å²) in [7, 11) is 0. The first-order chi connectivity index (χ1) is 29.7. The van der Waals surface area contributed by atoms with Gasteiger partial charge in [-0.05, 0) is 80.7 Å². The van der Waals surface area contributed by atoms with Gasteiger partial charge in [-0.2, -0.15) is 0 Å². The molecule has 0 atom stereocenters. The molecule has 0 spiro atoms. The molecular formula is C55H35N5. The van der Waals surface area contributed by atoms with Crippen LogP contribution in [0, 0.1) is 0 Å². The summed E-state index contributed by atoms with van der Waals surface area (Å²) in [4.78, 5) is 15.3. The van der Waals surface area contributed by atoms with E-state index >= 15 is 0 Å². The Kier molecular flexibility index (Phi) is 7.78. The molecule has 0 saturated carbocycles. The maximum Gasteiger partial charge on any atom is 0.164 e. The Labute approximate surface area is 346 Å². The van der Waals surface area contributed by atoms with Crippen molar-refractivity contribution < 1.29 is 0 Å². The Morgan fingerprint density at radius 1 is 0.300 bits per heavy atom. The number of rotatable bonds is 6. The van der Waals surface area contributed by atoms with Crippen molar-refractivity contribution in [2.75, 3.05) is 0 Å². The van der Waals surface area contributed by atoms with Gasteiger partial charge in [0, 0.05) is 33.3 Å². The summed E-state index contributed by atoms with van der Waals surface area (Å²) >= 11 is 0. The molecule has 0 amide bonds. The smallest absolute Gasteiger partial charge is 0.164 e. The van der Waals surface area contributed by atoms with E-state index in [9.17, 15) is 0 Å². The molecule has 0 radical (unpaired) electrons. The molecule has 280 valence electrons. The Morgan fingerprint density at radius 2 is 0.800 bits per heavy atom. The summed E-state index contributed by atoms with van der Waals surface area (Å²) in [6.45, 7) is 0. The average molecular weight is 766 g/mol. The third-order valence-corrected chi connectivity index (χ3v) is 11.7. The molecule has 3 aromatic heterocycles. The molecule has 0 aliphatic rings. The maximum absolute atomic E-state index is 5.10. The molecule has 0 unspecified atom stereocenters. The van der Waals surface area contributed by atoms with E-state index in [1.165, 1.54) is 38.3 Å². The number of para-hydroxylation sites is 3. The van der Waals surface area contributed by atoms with Crippen LogP contribution in [0.15, 0.2) is 212 Å². The fourth-order valence-electron chi connectivity index (χ4n) is 8.85. The molecule has 0 N–H and O–H groups in total. The highest BCUT2D eigenvalue weighted by atomic mass is 15.1. The van der Waals surface area contributed by atoms with Gasteiger partial charge >= 0.3 is 0 Å². The van der Waals surface area contributed by atoms with Gasteiger partial charge in [-0.25, -0.2) is 15.0 Å². The third-order valence-electron chi connectivity index (χ3n) is 11.7. The van der Waals surface area contributed by atoms with Gasteiger partial charge in [0.05, 0.1) is 16.6 Å². The first kappa shape index (κ1) is 33.9. The van der Waals surface area contributed by atoms with Crippen LogP contribution in [0.1, 0.15) is 0 Å². The summed E-state index contributed by atoms with van der Waals surface area (Å²) in [5.41, 5.74) is 13.2. The zero-order chi connectivity index (χ0) is 39.6. The average Bonchev–Trinajstić information content (AvgIpc) is 3.84. The van der Waals surface area contributed by atoms with Crippen molar-refractivity contribution in [2.45, 2.75) is 0 Å². The molecule has 12 rings (SSSR count). The van der Waals surface area contributed by atoms with Crippen LogP contribution in [0.3, 0.4) is 0 Å². The van der Waals surface area contributed by atoms with Gasteiger partial charge in [-0.1, -0.05) is 170 Å². The van der Waals surface area contributed by atoms with Crippen molar-refractivity contribution in [1.29, 1.82) is 0 Å². The summed E-state index contributed by atoms with van der Waals surface area (Å²) < 4.78 is 4.84. The highest BCUT2D eigenvalue weighted by molar-refractivity contribution is 6.09. The van der Waals surface area contributed by atoms with Crippen molar-refractivity contribution >= 4 is 49.1 Å². The minimum absolute atomic E-state index is 0.631. The van der Waals surface area contributed by atoms with Crippen LogP contribution >= 0.6 is 0 Å². The predicted octanol–water partition coefficient (Wildman–Crippen LogP) is 13.9. The lowest BCUT2D eigenvalue weighted by atomic mass is 10.0. The van der Waals surface area contributed by atoms with E-state index in [1.807, 2.05) is 0 Å². The Hall–Kier alpha value is -8.15. The number of fused-ring (bicyclic) bond motifs is 7. The van der Waals surface area contributed by atoms with Crippen LogP contribution in [0.4, 0.5) is 0 Å². The fourth-order valence-corrected chi connectivity index (χ4v) is 8.85. The largest absolute Gasteiger partial charge is 0.293 e. The minimum atomic E-state index is 0.631. The zero-order valence-electron chi connectivity index (χ0n) is 32.4. The lowest BCUT2D eigenvalue weighted by Gasteiger charge is -2.12. The topological polar surface area (TPSA) is 48.0 Å². The number of aromatic nitrogens is 5. The minimum Gasteiger partial charge on any atom is -0.293 e. The van der Waals surface area contributed by atoms with E-state index in [0.717, 1.165) is 55.4 Å². The van der Waals surface area contributed by atoms with E-state index in [0.29, 0.717) is 17.5 Å². The Bertz CT molecular complexity index is 3500. The van der Waals surface area contributed by atoms with Gasteiger partial charge < -0.3 is 0 Å². The molecule has 0 aliphatic carbocycles. The maximum atomic E-state index is 5.10. The monoisotopic (exact) mass is 765 g/mol. The summed E-state index contributed by atoms with van der Waals surface area (Å²) in [5, 5.41) is 5.88. The SMILES string of the molecule is c1ccc(-c2c3ccccc3n3c4ccccc4n(-c4cccc(-c5ccc(-c6nc(-c7ccc8ccccc8c7)nc(-c7ccc8ccccc8c7)n6)cc5)c4)c23)cc1. The number of hydrogen-bond donors (Lipinski definition) is 0. The molecule has 5 heteroatoms. The number of nitrogens with zero attached hydrogens (tertiary/aromatic N) is 5. The van der Waals surface area contributed by atoms with E-state index in [-0.39, 0.29) is 0 Å². The molecule has 0 fully saturated rings. The number of benzene rings is 9. The van der Waals surface area contributed by atoms with Crippen LogP contribution < -0.4 is 0 Å². The van der Waals surface area contributed by atoms with Gasteiger partial charge in [-0.3, -0.25) is 8.97 Å². The molecule has 0 saturated heterocycles. The second kappa shape index (κ2) is 13.8. The second-order valence-corrected chi connectivity index (χ2v) is 15.3. The molecule has 3 heterocycles. The predicted molar refractivity (Wildman–Crippen MR) is 247 cm³/mol. The van der Waals surface area contributed by atoms with Crippen molar-refractivity contribution in [3.8, 4) is 62.1 Å². The van der Waals surface area contributed by atoms with Crippen LogP contribution in [-0.2, 0) is 0 Å². The van der Waals surface area contributed by atoms with Crippen LogP contribution in [0.5, 0.6) is 0 Å². The van der Waals surface area contributed by atoms with Crippen molar-refractivity contribution in [1.82, 2.24) is 23.9 Å². The van der Waals surface area contributed by atoms with Crippen LogP contribution in [0.2, 0.25) is 0 Å². The molecule has 0 aliphatic heterocycles. The standard InChI is InChI=1S/C55H35N5/c1-2-15-39(16-3-1)51-47-21-8-9-22-48(47)60-50-24-11-10-23-49(50)59(55(51)60)46-20-12-19-43(35-46)38-25-29-40(30-26-38)52-56-53(44-31-27-36-13-4-6-17-41(36)33-44)58-54(57-52)45-32-28-37-14-5-7-18-42(37)34-45/h1-35H. The quantitative estimate of drug-likeness (QED) is 0.169. The molecule has 60 heavy (non-hydrogen) atoms. The van der Waals surface area contributed by atoms with E-state index in [2.05, 4.69) is 221 Å². The van der Waals surface area contributed by atoms with Gasteiger partial charge in [-0.15, -0.1) is 0 Å². The summed E-state index contributed by atoms with van der Waals surface area (Å²) in [5.74, 6) is 1.92. The third kappa shape index (κ3) is 5.59. The van der Waals surface area contributed by atoms with E-state index in [1.54, 1.807) is 0 Å². The van der Waals surface area contributed by atoms with Gasteiger partial charge in [0.1, 0.15) is 5.65 Å². The van der Waals surface area contributed by atoms with Crippen molar-refractivity contribution in [3.63, 3.8) is 0 Å². The molecule has 9 aromatic carbocycles. The fraction of sp³-hybridized carbons (Fsp3) is 0. The van der Waals surface area contributed by atoms with E-state index in [4.69, 9.17) is 15.0 Å². The lowest BCUT2D eigenvalue weighted by molar-refractivity contribution is 1.08. The second-order valence-electron chi connectivity index (χ2n) is 15.3. The molecule has 12 aromatic rings. The first-order valence-corrected chi connectivity index (χ1v) is 20.3. The van der Waals surface area contributed by atoms with Gasteiger partial charge in [0.2, 0.25) is 0 Å². The number of imidazole rings is 1. The Balaban J connectivity index is 0.978. The molecular weight excluding hydrogens is 731 g/mol. The van der Waals surface area contributed by atoms with Crippen molar-refractivity contribution in [3.05, 3.63) is 212 Å². The van der Waals surface area contributed by atoms with Crippen molar-refractivity contribution in [2.24, 2.45) is 0 Å². The highest BCUT2D eigenvalue weighted by Crippen LogP contribution is 2.41. The van der Waals surface area contributed by atoms with Gasteiger partial charge in [0.15, 0.2) is 17.5 Å². The highest BCUT2D eigenvalue weighted by Gasteiger charge is 2.22. The first-order valence-electron chi connectivity index (χ1n) is 20.3.